The van der Waals surface area contributed by atoms with Crippen LogP contribution in [0, 0.1) is 6.92 Å². The zero-order valence-corrected chi connectivity index (χ0v) is 15.3. The summed E-state index contributed by atoms with van der Waals surface area (Å²) in [4.78, 5) is 41.8. The van der Waals surface area contributed by atoms with Crippen molar-refractivity contribution in [2.24, 2.45) is 0 Å². The van der Waals surface area contributed by atoms with Crippen molar-refractivity contribution in [3.63, 3.8) is 0 Å². The Hall–Kier alpha value is -3.10. The van der Waals surface area contributed by atoms with Gasteiger partial charge in [0.15, 0.2) is 0 Å². The number of likely N-dealkylation sites (tertiary alicyclic amines) is 1. The van der Waals surface area contributed by atoms with Gasteiger partial charge in [-0.05, 0) is 32.4 Å². The van der Waals surface area contributed by atoms with Gasteiger partial charge in [0.25, 0.3) is 5.91 Å². The number of hydrogen-bond acceptors (Lipinski definition) is 5. The summed E-state index contributed by atoms with van der Waals surface area (Å²) < 4.78 is 5.11. The van der Waals surface area contributed by atoms with Gasteiger partial charge in [-0.3, -0.25) is 14.4 Å². The Morgan fingerprint density at radius 2 is 2.22 bits per heavy atom. The number of nitrogens with one attached hydrogen (secondary N) is 3. The Kier molecular flexibility index (Phi) is 5.58. The van der Waals surface area contributed by atoms with Gasteiger partial charge < -0.3 is 25.0 Å². The number of rotatable bonds is 6. The van der Waals surface area contributed by atoms with Crippen LogP contribution in [0.4, 0.5) is 0 Å². The molecular weight excluding hydrogens is 350 g/mol. The van der Waals surface area contributed by atoms with Gasteiger partial charge in [0.2, 0.25) is 11.8 Å². The molecule has 3 N–H and O–H groups in total. The summed E-state index contributed by atoms with van der Waals surface area (Å²) in [5, 5.41) is 9.41. The Balaban J connectivity index is 1.70. The lowest BCUT2D eigenvalue weighted by Crippen LogP contribution is -2.46. The van der Waals surface area contributed by atoms with Crippen molar-refractivity contribution in [2.45, 2.75) is 38.8 Å². The minimum absolute atomic E-state index is 0.0219. The zero-order chi connectivity index (χ0) is 19.4. The fourth-order valence-corrected chi connectivity index (χ4v) is 3.24. The molecule has 2 aromatic heterocycles. The number of likely N-dealkylation sites (N-methyl/N-ethyl adjacent to an activating group) is 1. The summed E-state index contributed by atoms with van der Waals surface area (Å²) in [5.41, 5.74) is 1.13. The number of aryl methyl sites for hydroxylation is 1. The van der Waals surface area contributed by atoms with E-state index in [9.17, 15) is 14.4 Å². The third kappa shape index (κ3) is 4.36. The van der Waals surface area contributed by atoms with Crippen LogP contribution in [0.1, 0.15) is 35.3 Å². The highest BCUT2D eigenvalue weighted by Crippen LogP contribution is 2.20. The molecule has 2 aromatic rings. The molecule has 1 aliphatic heterocycles. The lowest BCUT2D eigenvalue weighted by Gasteiger charge is -2.23. The van der Waals surface area contributed by atoms with Crippen LogP contribution in [0.2, 0.25) is 0 Å². The van der Waals surface area contributed by atoms with Crippen LogP contribution in [0.3, 0.4) is 0 Å². The second kappa shape index (κ2) is 8.07. The highest BCUT2D eigenvalue weighted by molar-refractivity contribution is 5.93. The van der Waals surface area contributed by atoms with E-state index in [4.69, 9.17) is 4.52 Å². The molecular formula is C18H23N5O4. The van der Waals surface area contributed by atoms with Crippen LogP contribution in [0.15, 0.2) is 28.9 Å². The Bertz CT molecular complexity index is 814. The number of carbonyl (C=O) groups excluding carboxylic acids is 3. The molecule has 0 saturated carbocycles. The molecule has 0 unspecified atom stereocenters. The minimum atomic E-state index is -0.629. The van der Waals surface area contributed by atoms with Gasteiger partial charge in [0.05, 0.1) is 12.1 Å². The normalized spacial score (nSPS) is 19.1. The van der Waals surface area contributed by atoms with E-state index < -0.39 is 6.04 Å². The molecule has 9 heteroatoms. The van der Waals surface area contributed by atoms with Crippen molar-refractivity contribution < 1.29 is 18.9 Å². The lowest BCUT2D eigenvalue weighted by molar-refractivity contribution is -0.138. The van der Waals surface area contributed by atoms with E-state index in [1.54, 1.807) is 31.3 Å². The van der Waals surface area contributed by atoms with Gasteiger partial charge in [0.1, 0.15) is 17.5 Å². The molecule has 0 aromatic carbocycles. The summed E-state index contributed by atoms with van der Waals surface area (Å²) in [7, 11) is 0. The fourth-order valence-electron chi connectivity index (χ4n) is 3.24. The predicted octanol–water partition coefficient (Wildman–Crippen LogP) is 0.389. The number of carbonyl (C=O) groups is 3. The first-order valence-electron chi connectivity index (χ1n) is 8.91. The predicted molar refractivity (Wildman–Crippen MR) is 95.8 cm³/mol. The first-order chi connectivity index (χ1) is 13.0. The van der Waals surface area contributed by atoms with Crippen molar-refractivity contribution >= 4 is 17.7 Å². The van der Waals surface area contributed by atoms with Crippen molar-refractivity contribution in [3.8, 4) is 0 Å². The second-order valence-electron chi connectivity index (χ2n) is 6.56. The smallest absolute Gasteiger partial charge is 0.267 e. The summed E-state index contributed by atoms with van der Waals surface area (Å²) in [6, 6.07) is 4.15. The SMILES string of the molecule is CCNC(=O)[C@@H]1C[C@H](NC(=O)c2ccc[nH]2)CN1C(=O)Cc1cc(C)no1. The molecule has 0 radical (unpaired) electrons. The van der Waals surface area contributed by atoms with E-state index in [2.05, 4.69) is 20.8 Å². The van der Waals surface area contributed by atoms with Crippen molar-refractivity contribution in [1.82, 2.24) is 25.7 Å². The van der Waals surface area contributed by atoms with Crippen molar-refractivity contribution in [1.29, 1.82) is 0 Å². The van der Waals surface area contributed by atoms with E-state index >= 15 is 0 Å². The van der Waals surface area contributed by atoms with E-state index in [0.29, 0.717) is 30.1 Å². The molecule has 144 valence electrons. The largest absolute Gasteiger partial charge is 0.361 e. The topological polar surface area (TPSA) is 120 Å². The monoisotopic (exact) mass is 373 g/mol. The van der Waals surface area contributed by atoms with Crippen LogP contribution in [0.25, 0.3) is 0 Å². The third-order valence-corrected chi connectivity index (χ3v) is 4.46. The molecule has 0 spiro atoms. The number of aromatic nitrogens is 2. The summed E-state index contributed by atoms with van der Waals surface area (Å²) in [6.45, 7) is 4.33. The zero-order valence-electron chi connectivity index (χ0n) is 15.3. The summed E-state index contributed by atoms with van der Waals surface area (Å²) >= 11 is 0. The molecule has 3 amide bonds. The van der Waals surface area contributed by atoms with E-state index in [-0.39, 0.29) is 36.7 Å². The average molecular weight is 373 g/mol. The lowest BCUT2D eigenvalue weighted by atomic mass is 10.1. The fraction of sp³-hybridized carbons (Fsp3) is 0.444. The maximum absolute atomic E-state index is 12.7. The molecule has 1 saturated heterocycles. The molecule has 1 aliphatic rings. The van der Waals surface area contributed by atoms with Crippen LogP contribution >= 0.6 is 0 Å². The summed E-state index contributed by atoms with van der Waals surface area (Å²) in [6.07, 6.45) is 2.05. The first kappa shape index (κ1) is 18.7. The molecule has 3 heterocycles. The molecule has 3 rings (SSSR count). The Morgan fingerprint density at radius 3 is 2.85 bits per heavy atom. The minimum Gasteiger partial charge on any atom is -0.361 e. The molecule has 0 aliphatic carbocycles. The highest BCUT2D eigenvalue weighted by atomic mass is 16.5. The average Bonchev–Trinajstić information content (AvgIpc) is 3.35. The number of nitrogens with zero attached hydrogens (tertiary/aromatic N) is 2. The maximum atomic E-state index is 12.7. The Morgan fingerprint density at radius 1 is 1.41 bits per heavy atom. The van der Waals surface area contributed by atoms with Gasteiger partial charge in [-0.1, -0.05) is 5.16 Å². The quantitative estimate of drug-likeness (QED) is 0.676. The third-order valence-electron chi connectivity index (χ3n) is 4.46. The first-order valence-corrected chi connectivity index (χ1v) is 8.91. The molecule has 9 nitrogen and oxygen atoms in total. The number of H-pyrrole nitrogens is 1. The van der Waals surface area contributed by atoms with Crippen LogP contribution in [-0.4, -0.2) is 57.9 Å². The van der Waals surface area contributed by atoms with Gasteiger partial charge in [-0.2, -0.15) is 0 Å². The van der Waals surface area contributed by atoms with Crippen LogP contribution < -0.4 is 10.6 Å². The molecule has 2 atom stereocenters. The van der Waals surface area contributed by atoms with Gasteiger partial charge in [-0.15, -0.1) is 0 Å². The molecule has 1 fully saturated rings. The van der Waals surface area contributed by atoms with Gasteiger partial charge >= 0.3 is 0 Å². The van der Waals surface area contributed by atoms with Gasteiger partial charge in [-0.25, -0.2) is 0 Å². The van der Waals surface area contributed by atoms with Crippen LogP contribution in [0.5, 0.6) is 0 Å². The van der Waals surface area contributed by atoms with E-state index in [1.807, 2.05) is 6.92 Å². The van der Waals surface area contributed by atoms with E-state index in [0.717, 1.165) is 0 Å². The number of aromatic amines is 1. The summed E-state index contributed by atoms with van der Waals surface area (Å²) in [5.74, 6) is -0.277. The number of hydrogen-bond donors (Lipinski definition) is 3. The Labute approximate surface area is 156 Å². The second-order valence-corrected chi connectivity index (χ2v) is 6.56. The molecule has 27 heavy (non-hydrogen) atoms. The highest BCUT2D eigenvalue weighted by Gasteiger charge is 2.40. The van der Waals surface area contributed by atoms with Gasteiger partial charge in [0, 0.05) is 31.4 Å². The standard InChI is InChI=1S/C18H23N5O4/c1-3-19-18(26)15-8-12(21-17(25)14-5-4-6-20-14)10-23(15)16(24)9-13-7-11(2)22-27-13/h4-7,12,15,20H,3,8-10H2,1-2H3,(H,19,26)(H,21,25)/t12-,15-/m0/s1. The van der Waals surface area contributed by atoms with Crippen molar-refractivity contribution in [2.75, 3.05) is 13.1 Å². The van der Waals surface area contributed by atoms with Crippen LogP contribution in [-0.2, 0) is 16.0 Å². The van der Waals surface area contributed by atoms with E-state index in [1.165, 1.54) is 4.90 Å². The maximum Gasteiger partial charge on any atom is 0.267 e. The number of amides is 3. The molecule has 0 bridgehead atoms. The van der Waals surface area contributed by atoms with Crippen molar-refractivity contribution in [3.05, 3.63) is 41.5 Å².